The van der Waals surface area contributed by atoms with Gasteiger partial charge in [0.05, 0.1) is 21.2 Å². The summed E-state index contributed by atoms with van der Waals surface area (Å²) in [5.74, 6) is -2.25. The zero-order valence-electron chi connectivity index (χ0n) is 11.4. The highest BCUT2D eigenvalue weighted by Gasteiger charge is 2.36. The molecule has 1 aromatic carbocycles. The number of anilines is 2. The van der Waals surface area contributed by atoms with Gasteiger partial charge in [-0.15, -0.1) is 0 Å². The number of nitrogens with one attached hydrogen (secondary N) is 2. The first-order valence-corrected chi connectivity index (χ1v) is 7.72. The molecule has 114 valence electrons. The number of fused-ring (bicyclic) bond motifs is 3. The number of nitrogens with zero attached hydrogens (tertiary/aromatic N) is 4. The number of benzene rings is 1. The fourth-order valence-corrected chi connectivity index (χ4v) is 4.01. The second kappa shape index (κ2) is 5.79. The van der Waals surface area contributed by atoms with Gasteiger partial charge in [-0.25, -0.2) is 8.78 Å². The molecule has 10 heteroatoms. The Morgan fingerprint density at radius 2 is 1.04 bits per heavy atom. The Hall–Kier alpha value is -3.18. The molecule has 0 amide bonds. The SMILES string of the molecule is N#CC(C#N)=C1Nc2c3c(c(F)c(F)c2S1)SC(=C(C#N)C#N)N3. The highest BCUT2D eigenvalue weighted by molar-refractivity contribution is 8.04. The topological polar surface area (TPSA) is 119 Å². The molecule has 0 fully saturated rings. The summed E-state index contributed by atoms with van der Waals surface area (Å²) in [7, 11) is 0. The van der Waals surface area contributed by atoms with Crippen molar-refractivity contribution in [1.82, 2.24) is 0 Å². The first kappa shape index (κ1) is 15.7. The van der Waals surface area contributed by atoms with Crippen LogP contribution >= 0.6 is 23.5 Å². The van der Waals surface area contributed by atoms with Gasteiger partial charge in [0.2, 0.25) is 0 Å². The van der Waals surface area contributed by atoms with Crippen molar-refractivity contribution in [3.8, 4) is 24.3 Å². The quantitative estimate of drug-likeness (QED) is 0.678. The molecule has 0 unspecified atom stereocenters. The smallest absolute Gasteiger partial charge is 0.176 e. The van der Waals surface area contributed by atoms with Crippen LogP contribution in [-0.4, -0.2) is 0 Å². The Bertz CT molecular complexity index is 915. The van der Waals surface area contributed by atoms with Crippen LogP contribution in [0.2, 0.25) is 0 Å². The average Bonchev–Trinajstić information content (AvgIpc) is 3.20. The monoisotopic (exact) mass is 356 g/mol. The molecule has 2 aliphatic heterocycles. The van der Waals surface area contributed by atoms with Gasteiger partial charge >= 0.3 is 0 Å². The molecule has 2 N–H and O–H groups in total. The van der Waals surface area contributed by atoms with Crippen LogP contribution in [0.15, 0.2) is 31.0 Å². The van der Waals surface area contributed by atoms with E-state index in [1.165, 1.54) is 0 Å². The van der Waals surface area contributed by atoms with Crippen LogP contribution in [0.4, 0.5) is 20.2 Å². The second-order valence-corrected chi connectivity index (χ2v) is 6.39. The minimum Gasteiger partial charge on any atom is -0.346 e. The summed E-state index contributed by atoms with van der Waals surface area (Å²) >= 11 is 1.47. The first-order chi connectivity index (χ1) is 11.5. The van der Waals surface area contributed by atoms with Gasteiger partial charge in [0.25, 0.3) is 0 Å². The van der Waals surface area contributed by atoms with Gasteiger partial charge in [-0.1, -0.05) is 23.5 Å². The van der Waals surface area contributed by atoms with E-state index < -0.39 is 11.6 Å². The zero-order chi connectivity index (χ0) is 17.4. The van der Waals surface area contributed by atoms with E-state index in [9.17, 15) is 8.78 Å². The molecular formula is C14H2F2N6S2. The third-order valence-corrected chi connectivity index (χ3v) is 5.28. The summed E-state index contributed by atoms with van der Waals surface area (Å²) in [6.07, 6.45) is 0. The van der Waals surface area contributed by atoms with Crippen molar-refractivity contribution in [1.29, 1.82) is 21.0 Å². The lowest BCUT2D eigenvalue weighted by Crippen LogP contribution is -2.00. The number of hydrogen-bond acceptors (Lipinski definition) is 8. The molecule has 1 aromatic rings. The van der Waals surface area contributed by atoms with Crippen LogP contribution in [-0.2, 0) is 0 Å². The molecule has 0 spiro atoms. The van der Waals surface area contributed by atoms with Crippen LogP contribution < -0.4 is 10.6 Å². The number of hydrogen-bond donors (Lipinski definition) is 2. The third-order valence-electron chi connectivity index (χ3n) is 3.08. The Kier molecular flexibility index (Phi) is 3.79. The van der Waals surface area contributed by atoms with Crippen molar-refractivity contribution in [2.75, 3.05) is 10.6 Å². The van der Waals surface area contributed by atoms with Crippen LogP contribution in [0.1, 0.15) is 0 Å². The predicted molar refractivity (Wildman–Crippen MR) is 81.8 cm³/mol. The summed E-state index contributed by atoms with van der Waals surface area (Å²) < 4.78 is 28.6. The maximum absolute atomic E-state index is 14.3. The largest absolute Gasteiger partial charge is 0.346 e. The molecule has 0 atom stereocenters. The van der Waals surface area contributed by atoms with Crippen molar-refractivity contribution in [3.63, 3.8) is 0 Å². The molecule has 0 radical (unpaired) electrons. The molecule has 0 saturated heterocycles. The molecule has 0 saturated carbocycles. The molecule has 2 aliphatic rings. The number of allylic oxidation sites excluding steroid dienone is 2. The predicted octanol–water partition coefficient (Wildman–Crippen LogP) is 3.52. The fraction of sp³-hybridized carbons (Fsp3) is 0. The molecule has 0 bridgehead atoms. The van der Waals surface area contributed by atoms with E-state index in [2.05, 4.69) is 10.6 Å². The van der Waals surface area contributed by atoms with Crippen LogP contribution in [0.25, 0.3) is 0 Å². The fourth-order valence-electron chi connectivity index (χ4n) is 2.04. The van der Waals surface area contributed by atoms with Crippen molar-refractivity contribution >= 4 is 34.9 Å². The van der Waals surface area contributed by atoms with Crippen molar-refractivity contribution in [3.05, 3.63) is 32.8 Å². The molecule has 3 rings (SSSR count). The van der Waals surface area contributed by atoms with Gasteiger partial charge in [-0.05, 0) is 0 Å². The van der Waals surface area contributed by atoms with Gasteiger partial charge in [0, 0.05) is 0 Å². The molecule has 6 nitrogen and oxygen atoms in total. The standard InChI is InChI=1S/C14H2F2N6S2/c15-7-8(16)12-10(22-14(24-12)6(3-19)4-20)9-11(7)23-13(21-9)5(1-17)2-18/h21-22H. The number of nitriles is 4. The van der Waals surface area contributed by atoms with E-state index in [4.69, 9.17) is 21.0 Å². The van der Waals surface area contributed by atoms with Gasteiger partial charge < -0.3 is 10.6 Å². The molecule has 0 aliphatic carbocycles. The highest BCUT2D eigenvalue weighted by Crippen LogP contribution is 2.56. The third kappa shape index (κ3) is 2.14. The maximum atomic E-state index is 14.3. The van der Waals surface area contributed by atoms with E-state index >= 15 is 0 Å². The lowest BCUT2D eigenvalue weighted by Gasteiger charge is -2.08. The van der Waals surface area contributed by atoms with E-state index in [-0.39, 0.29) is 42.4 Å². The Morgan fingerprint density at radius 3 is 1.33 bits per heavy atom. The van der Waals surface area contributed by atoms with Crippen molar-refractivity contribution in [2.45, 2.75) is 9.79 Å². The van der Waals surface area contributed by atoms with E-state index in [1.54, 1.807) is 24.3 Å². The van der Waals surface area contributed by atoms with Crippen molar-refractivity contribution < 1.29 is 8.78 Å². The van der Waals surface area contributed by atoms with Gasteiger partial charge in [0.1, 0.15) is 34.3 Å². The number of thioether (sulfide) groups is 2. The summed E-state index contributed by atoms with van der Waals surface area (Å²) in [6.45, 7) is 0. The van der Waals surface area contributed by atoms with Crippen LogP contribution in [0, 0.1) is 57.0 Å². The summed E-state index contributed by atoms with van der Waals surface area (Å²) in [6, 6.07) is 6.69. The van der Waals surface area contributed by atoms with Gasteiger partial charge in [-0.2, -0.15) is 21.0 Å². The number of rotatable bonds is 0. The van der Waals surface area contributed by atoms with E-state index in [0.29, 0.717) is 0 Å². The lowest BCUT2D eigenvalue weighted by atomic mass is 10.2. The Balaban J connectivity index is 2.20. The lowest BCUT2D eigenvalue weighted by molar-refractivity contribution is 0.478. The van der Waals surface area contributed by atoms with Crippen molar-refractivity contribution in [2.24, 2.45) is 0 Å². The highest BCUT2D eigenvalue weighted by atomic mass is 32.2. The molecule has 24 heavy (non-hydrogen) atoms. The summed E-state index contributed by atoms with van der Waals surface area (Å²) in [5.41, 5.74) is -0.212. The first-order valence-electron chi connectivity index (χ1n) is 6.09. The summed E-state index contributed by atoms with van der Waals surface area (Å²) in [4.78, 5) is -0.205. The Morgan fingerprint density at radius 1 is 0.708 bits per heavy atom. The van der Waals surface area contributed by atoms with Crippen LogP contribution in [0.3, 0.4) is 0 Å². The Labute approximate surface area is 142 Å². The van der Waals surface area contributed by atoms with Gasteiger partial charge in [0.15, 0.2) is 22.8 Å². The number of halogens is 2. The van der Waals surface area contributed by atoms with E-state index in [1.807, 2.05) is 0 Å². The van der Waals surface area contributed by atoms with E-state index in [0.717, 1.165) is 23.5 Å². The average molecular weight is 356 g/mol. The molecule has 0 aromatic heterocycles. The normalized spacial score (nSPS) is 13.4. The summed E-state index contributed by atoms with van der Waals surface area (Å²) in [5, 5.41) is 41.3. The van der Waals surface area contributed by atoms with Gasteiger partial charge in [-0.3, -0.25) is 0 Å². The minimum atomic E-state index is -1.13. The minimum absolute atomic E-state index is 0.0896. The molecular weight excluding hydrogens is 354 g/mol. The second-order valence-electron chi connectivity index (χ2n) is 4.35. The van der Waals surface area contributed by atoms with Crippen LogP contribution in [0.5, 0.6) is 0 Å². The zero-order valence-corrected chi connectivity index (χ0v) is 13.0. The molecule has 2 heterocycles. The maximum Gasteiger partial charge on any atom is 0.176 e.